The van der Waals surface area contributed by atoms with Gasteiger partial charge in [0, 0.05) is 55.8 Å². The molecule has 0 bridgehead atoms. The molecule has 3 heteroatoms. The van der Waals surface area contributed by atoms with Crippen LogP contribution in [0.25, 0.3) is 82.4 Å². The van der Waals surface area contributed by atoms with Gasteiger partial charge in [0.1, 0.15) is 0 Å². The first-order valence-electron chi connectivity index (χ1n) is 17.7. The van der Waals surface area contributed by atoms with Gasteiger partial charge in [-0.2, -0.15) is 0 Å². The summed E-state index contributed by atoms with van der Waals surface area (Å²) < 4.78 is 7.33. The first kappa shape index (κ1) is 29.3. The van der Waals surface area contributed by atoms with Gasteiger partial charge in [-0.25, -0.2) is 0 Å². The van der Waals surface area contributed by atoms with Crippen molar-refractivity contribution in [1.29, 1.82) is 0 Å². The average molecular weight is 654 g/mol. The van der Waals surface area contributed by atoms with Gasteiger partial charge in [-0.3, -0.25) is 0 Å². The Balaban J connectivity index is 1.23. The minimum atomic E-state index is 0.759. The number of hydrogen-bond acceptors (Lipinski definition) is 0. The zero-order valence-electron chi connectivity index (χ0n) is 28.4. The van der Waals surface area contributed by atoms with E-state index in [-0.39, 0.29) is 0 Å². The molecule has 7 aromatic carbocycles. The Hall–Kier alpha value is -6.58. The standard InChI is InChI=1S/C48H35N3/c1-2-15-33(34-16-5-3-6-17-34)28-29-49-43-23-12-9-20-37(43)41-31-42-39-22-11-14-25-45(39)51(48(42)32-47(41)49)36-26-27-46-40(30-36)38-21-10-13-24-44(38)50(46)35-18-7-4-8-19-35/h2-28,30-32H,29H2,1H3/b15-2-,33-28+. The van der Waals surface area contributed by atoms with Gasteiger partial charge in [0.05, 0.1) is 27.6 Å². The molecule has 10 rings (SSSR count). The molecule has 0 aliphatic heterocycles. The molecule has 0 saturated heterocycles. The molecule has 0 radical (unpaired) electrons. The number of aromatic nitrogens is 3. The fourth-order valence-electron chi connectivity index (χ4n) is 8.22. The largest absolute Gasteiger partial charge is 0.336 e. The third-order valence-corrected chi connectivity index (χ3v) is 10.4. The number of allylic oxidation sites excluding steroid dienone is 4. The predicted molar refractivity (Wildman–Crippen MR) is 217 cm³/mol. The second kappa shape index (κ2) is 11.8. The highest BCUT2D eigenvalue weighted by molar-refractivity contribution is 6.19. The van der Waals surface area contributed by atoms with E-state index in [0.717, 1.165) is 12.2 Å². The number of benzene rings is 7. The Morgan fingerprint density at radius 3 is 1.65 bits per heavy atom. The summed E-state index contributed by atoms with van der Waals surface area (Å²) in [7, 11) is 0. The zero-order valence-corrected chi connectivity index (χ0v) is 28.4. The lowest BCUT2D eigenvalue weighted by atomic mass is 10.1. The predicted octanol–water partition coefficient (Wildman–Crippen LogP) is 12.6. The van der Waals surface area contributed by atoms with Crippen LogP contribution in [0.5, 0.6) is 0 Å². The summed E-state index contributed by atoms with van der Waals surface area (Å²) in [5.74, 6) is 0. The van der Waals surface area contributed by atoms with Crippen molar-refractivity contribution in [2.75, 3.05) is 0 Å². The third-order valence-electron chi connectivity index (χ3n) is 10.4. The molecule has 0 N–H and O–H groups in total. The minimum absolute atomic E-state index is 0.759. The smallest absolute Gasteiger partial charge is 0.0562 e. The highest BCUT2D eigenvalue weighted by Gasteiger charge is 2.19. The van der Waals surface area contributed by atoms with E-state index in [2.05, 4.69) is 203 Å². The SMILES string of the molecule is C/C=C\C(=C/Cn1c2ccccc2c2cc3c4ccccc4n(-c4ccc5c(c4)c4ccccc4n5-c4ccccc4)c3cc21)c1ccccc1. The van der Waals surface area contributed by atoms with Gasteiger partial charge in [0.25, 0.3) is 0 Å². The van der Waals surface area contributed by atoms with Crippen LogP contribution in [0.2, 0.25) is 0 Å². The Labute approximate surface area is 296 Å². The van der Waals surface area contributed by atoms with E-state index in [1.54, 1.807) is 0 Å². The summed E-state index contributed by atoms with van der Waals surface area (Å²) in [4.78, 5) is 0. The molecule has 0 aliphatic carbocycles. The van der Waals surface area contributed by atoms with Crippen molar-refractivity contribution < 1.29 is 0 Å². The van der Waals surface area contributed by atoms with Crippen LogP contribution in [0.3, 0.4) is 0 Å². The number of fused-ring (bicyclic) bond motifs is 9. The highest BCUT2D eigenvalue weighted by atomic mass is 15.0. The van der Waals surface area contributed by atoms with E-state index >= 15 is 0 Å². The van der Waals surface area contributed by atoms with Crippen molar-refractivity contribution in [2.24, 2.45) is 0 Å². The summed E-state index contributed by atoms with van der Waals surface area (Å²) >= 11 is 0. The second-order valence-corrected chi connectivity index (χ2v) is 13.3. The number of para-hydroxylation sites is 4. The van der Waals surface area contributed by atoms with E-state index in [1.165, 1.54) is 82.2 Å². The molecule has 51 heavy (non-hydrogen) atoms. The first-order chi connectivity index (χ1) is 25.3. The Morgan fingerprint density at radius 1 is 0.431 bits per heavy atom. The molecular weight excluding hydrogens is 619 g/mol. The molecule has 0 saturated carbocycles. The van der Waals surface area contributed by atoms with Crippen LogP contribution >= 0.6 is 0 Å². The molecule has 0 atom stereocenters. The van der Waals surface area contributed by atoms with Crippen LogP contribution in [0.4, 0.5) is 0 Å². The summed E-state index contributed by atoms with van der Waals surface area (Å²) in [5.41, 5.74) is 12.1. The topological polar surface area (TPSA) is 14.8 Å². The van der Waals surface area contributed by atoms with Crippen LogP contribution in [0.1, 0.15) is 12.5 Å². The zero-order chi connectivity index (χ0) is 33.9. The van der Waals surface area contributed by atoms with Crippen LogP contribution in [0, 0.1) is 0 Å². The maximum Gasteiger partial charge on any atom is 0.0562 e. The van der Waals surface area contributed by atoms with Crippen LogP contribution < -0.4 is 0 Å². The lowest BCUT2D eigenvalue weighted by molar-refractivity contribution is 0.901. The molecule has 3 aromatic heterocycles. The van der Waals surface area contributed by atoms with E-state index in [0.29, 0.717) is 0 Å². The molecule has 0 unspecified atom stereocenters. The van der Waals surface area contributed by atoms with Crippen molar-refractivity contribution in [3.63, 3.8) is 0 Å². The fourth-order valence-corrected chi connectivity index (χ4v) is 8.22. The fraction of sp³-hybridized carbons (Fsp3) is 0.0417. The lowest BCUT2D eigenvalue weighted by Gasteiger charge is -2.11. The molecule has 0 fully saturated rings. The van der Waals surface area contributed by atoms with Crippen LogP contribution in [-0.4, -0.2) is 13.7 Å². The van der Waals surface area contributed by atoms with E-state index < -0.39 is 0 Å². The van der Waals surface area contributed by atoms with Gasteiger partial charge in [0.15, 0.2) is 0 Å². The highest BCUT2D eigenvalue weighted by Crippen LogP contribution is 2.40. The van der Waals surface area contributed by atoms with Gasteiger partial charge >= 0.3 is 0 Å². The summed E-state index contributed by atoms with van der Waals surface area (Å²) in [6, 6.07) is 59.6. The van der Waals surface area contributed by atoms with E-state index in [4.69, 9.17) is 0 Å². The second-order valence-electron chi connectivity index (χ2n) is 13.3. The molecular formula is C48H35N3. The molecule has 10 aromatic rings. The van der Waals surface area contributed by atoms with E-state index in [9.17, 15) is 0 Å². The number of hydrogen-bond donors (Lipinski definition) is 0. The van der Waals surface area contributed by atoms with Crippen molar-refractivity contribution >= 4 is 71.0 Å². The maximum atomic E-state index is 2.48. The maximum absolute atomic E-state index is 2.48. The van der Waals surface area contributed by atoms with Gasteiger partial charge in [-0.15, -0.1) is 0 Å². The van der Waals surface area contributed by atoms with Crippen LogP contribution in [0.15, 0.2) is 182 Å². The lowest BCUT2D eigenvalue weighted by Crippen LogP contribution is -1.97. The molecule has 0 spiro atoms. The summed E-state index contributed by atoms with van der Waals surface area (Å²) in [6.45, 7) is 2.85. The Kier molecular flexibility index (Phi) is 6.78. The summed E-state index contributed by atoms with van der Waals surface area (Å²) in [5, 5.41) is 7.59. The van der Waals surface area contributed by atoms with Gasteiger partial charge in [-0.05, 0) is 78.7 Å². The van der Waals surface area contributed by atoms with E-state index in [1.807, 2.05) is 0 Å². The molecule has 3 heterocycles. The molecule has 242 valence electrons. The van der Waals surface area contributed by atoms with Gasteiger partial charge < -0.3 is 13.7 Å². The quantitative estimate of drug-likeness (QED) is 0.159. The number of nitrogens with zero attached hydrogens (tertiary/aromatic N) is 3. The van der Waals surface area contributed by atoms with Crippen molar-refractivity contribution in [3.05, 3.63) is 188 Å². The Bertz CT molecular complexity index is 2990. The normalized spacial score (nSPS) is 12.5. The van der Waals surface area contributed by atoms with Crippen LogP contribution in [-0.2, 0) is 6.54 Å². The first-order valence-corrected chi connectivity index (χ1v) is 17.7. The van der Waals surface area contributed by atoms with Gasteiger partial charge in [0.2, 0.25) is 0 Å². The molecule has 3 nitrogen and oxygen atoms in total. The third kappa shape index (κ3) is 4.59. The van der Waals surface area contributed by atoms with Crippen molar-refractivity contribution in [2.45, 2.75) is 13.5 Å². The Morgan fingerprint density at radius 2 is 0.961 bits per heavy atom. The number of rotatable bonds is 6. The van der Waals surface area contributed by atoms with Crippen molar-refractivity contribution in [1.82, 2.24) is 13.7 Å². The monoisotopic (exact) mass is 653 g/mol. The average Bonchev–Trinajstić information content (AvgIpc) is 3.81. The van der Waals surface area contributed by atoms with Gasteiger partial charge in [-0.1, -0.05) is 121 Å². The van der Waals surface area contributed by atoms with Crippen molar-refractivity contribution in [3.8, 4) is 11.4 Å². The summed E-state index contributed by atoms with van der Waals surface area (Å²) in [6.07, 6.45) is 6.70. The molecule has 0 amide bonds. The minimum Gasteiger partial charge on any atom is -0.336 e. The molecule has 0 aliphatic rings.